The largest absolute Gasteiger partial charge is 0.493 e. The Labute approximate surface area is 852 Å². The van der Waals surface area contributed by atoms with Crippen molar-refractivity contribution in [3.63, 3.8) is 0 Å². The van der Waals surface area contributed by atoms with E-state index in [4.69, 9.17) is 58.4 Å². The molecule has 17 heterocycles. The van der Waals surface area contributed by atoms with Gasteiger partial charge in [-0.2, -0.15) is 0 Å². The number of rotatable bonds is 19. The SMILES string of the molecule is COc1ccc(-c2cc(=O)n3cc(C4=CCN(C)CC4)c(C)cc3n2)cc1OC.COc1ccc(-c2cc(=O)n3cc(C4=CCN(C5CC5)CC4)cc(C)c3n2)cc1OC.COc1ccc(-c2cc(=O)n3cc(C4=CCNCC4)c(C)cc3n2)cc1OC.Cc1nc2ccc(-c3cc(=O)n4cc(C5=CCN(C)CC5)ccc4n3)cc2s1.Cc1nc2ccc(-c3cc(=O)n4cc(C5=CCN(CCO)CC5)ccc4n3)cc2s1. The van der Waals surface area contributed by atoms with Crippen LogP contribution in [0.4, 0.5) is 0 Å². The molecule has 1 saturated carbocycles. The summed E-state index contributed by atoms with van der Waals surface area (Å²) in [6.45, 7) is 20.6. The van der Waals surface area contributed by atoms with Crippen molar-refractivity contribution in [2.24, 2.45) is 0 Å². The van der Waals surface area contributed by atoms with Gasteiger partial charge in [0.25, 0.3) is 27.8 Å². The lowest BCUT2D eigenvalue weighted by molar-refractivity contribution is 0.208. The molecule has 17 aromatic rings. The fraction of sp³-hybridized carbons (Fsp3) is 0.287. The van der Waals surface area contributed by atoms with Crippen LogP contribution in [0.25, 0.3) is 133 Å². The van der Waals surface area contributed by atoms with Crippen molar-refractivity contribution < 1.29 is 33.5 Å². The molecular formula is C115H117N17O12S2. The summed E-state index contributed by atoms with van der Waals surface area (Å²) >= 11 is 3.30. The number of hydrogen-bond acceptors (Lipinski definition) is 26. The van der Waals surface area contributed by atoms with Crippen LogP contribution in [0.2, 0.25) is 0 Å². The van der Waals surface area contributed by atoms with Crippen molar-refractivity contribution in [1.82, 2.24) is 81.8 Å². The number of β-amino-alcohol motifs (C(OH)–C–C–N with tert-alkyl or cyclic N) is 1. The van der Waals surface area contributed by atoms with E-state index in [1.807, 2.05) is 161 Å². The van der Waals surface area contributed by atoms with E-state index in [0.29, 0.717) is 97.7 Å². The predicted molar refractivity (Wildman–Crippen MR) is 583 cm³/mol. The number of aromatic nitrogens is 12. The molecule has 12 aromatic heterocycles. The lowest BCUT2D eigenvalue weighted by Crippen LogP contribution is -2.31. The van der Waals surface area contributed by atoms with Crippen LogP contribution in [0.15, 0.2) is 249 Å². The molecular weight excluding hydrogens is 1880 g/mol. The maximum absolute atomic E-state index is 13.0. The number of pyridine rings is 5. The van der Waals surface area contributed by atoms with Crippen LogP contribution < -0.4 is 61.5 Å². The highest BCUT2D eigenvalue weighted by Gasteiger charge is 2.31. The van der Waals surface area contributed by atoms with Crippen LogP contribution in [-0.4, -0.2) is 223 Å². The quantitative estimate of drug-likeness (QED) is 0.0760. The summed E-state index contributed by atoms with van der Waals surface area (Å²) in [6.07, 6.45) is 28.3. The molecule has 0 atom stereocenters. The highest BCUT2D eigenvalue weighted by atomic mass is 32.1. The molecule has 31 heteroatoms. The van der Waals surface area contributed by atoms with Crippen LogP contribution in [0.3, 0.4) is 0 Å². The fourth-order valence-electron chi connectivity index (χ4n) is 19.4. The lowest BCUT2D eigenvalue weighted by atomic mass is 9.97. The van der Waals surface area contributed by atoms with Crippen molar-refractivity contribution in [2.75, 3.05) is 135 Å². The van der Waals surface area contributed by atoms with Crippen LogP contribution in [-0.2, 0) is 0 Å². The van der Waals surface area contributed by atoms with E-state index in [0.717, 1.165) is 206 Å². The van der Waals surface area contributed by atoms with E-state index in [9.17, 15) is 24.0 Å². The summed E-state index contributed by atoms with van der Waals surface area (Å²) in [5, 5.41) is 14.5. The number of nitrogens with zero attached hydrogens (tertiary/aromatic N) is 16. The van der Waals surface area contributed by atoms with Gasteiger partial charge in [-0.25, -0.2) is 34.9 Å². The number of thiazole rings is 2. The predicted octanol–water partition coefficient (Wildman–Crippen LogP) is 17.8. The topological polar surface area (TPSA) is 298 Å². The molecule has 0 saturated heterocycles. The van der Waals surface area contributed by atoms with Gasteiger partial charge in [-0.05, 0) is 294 Å². The number of hydrogen-bond donors (Lipinski definition) is 2. The Kier molecular flexibility index (Phi) is 29.9. The van der Waals surface area contributed by atoms with Crippen molar-refractivity contribution in [3.05, 3.63) is 331 Å². The Hall–Kier alpha value is -15.1. The van der Waals surface area contributed by atoms with Gasteiger partial charge in [-0.15, -0.1) is 22.7 Å². The van der Waals surface area contributed by atoms with Gasteiger partial charge >= 0.3 is 0 Å². The third kappa shape index (κ3) is 22.0. The minimum atomic E-state index is -0.106. The van der Waals surface area contributed by atoms with Crippen molar-refractivity contribution in [1.29, 1.82) is 0 Å². The summed E-state index contributed by atoms with van der Waals surface area (Å²) in [7, 11) is 13.8. The van der Waals surface area contributed by atoms with Gasteiger partial charge in [0.2, 0.25) is 0 Å². The number of aliphatic hydroxyl groups excluding tert-OH is 1. The van der Waals surface area contributed by atoms with E-state index in [1.165, 1.54) is 40.7 Å². The first kappa shape index (κ1) is 99.7. The summed E-state index contributed by atoms with van der Waals surface area (Å²) in [5.41, 5.74) is 27.4. The number of nitrogens with one attached hydrogen (secondary N) is 1. The smallest absolute Gasteiger partial charge is 0.258 e. The van der Waals surface area contributed by atoms with Gasteiger partial charge in [-0.1, -0.05) is 42.5 Å². The molecule has 1 aliphatic carbocycles. The molecule has 0 bridgehead atoms. The standard InChI is InChI=1S/C25H27N3O3.C23H22N4O2S.C23H25N3O3.C22H20N4OS.C22H23N3O3/c1-16-12-19(17-8-10-27(11-9-17)20-5-6-20)15-28-24(29)14-21(26-25(16)28)18-4-7-22(30-2)23(13-18)31-3;1-15-24-19-4-2-17(12-21(19)30-15)20-13-23(29)27-14-18(3-5-22(27)25-20)16-6-8-26(9-7-16)10-11-28;1-15-11-22-24-19(17-5-6-20(28-3)21(12-17)29-4)13-23(27)26(22)14-18(15)16-7-9-25(2)10-8-16;1-14-23-18-5-3-16(11-20(18)28-14)19-12-22(27)26-13-17(4-6-21(26)24-19)15-7-9-25(2)10-8-15;1-14-10-21-24-18(16-4-5-19(27-2)20(11-16)28-3)12-22(26)25(21)13-17(14)15-6-8-23-9-7-15/h4,7-8,12-15,20H,5-6,9-11H2,1-3H3;2-6,12-14,28H,7-11H2,1H3;5-7,11-14H,8-10H2,1-4H3;3-7,11-13H,8-10H2,1-2H3;4-6,10-13,23H,7-9H2,1-3H3. The zero-order chi connectivity index (χ0) is 102. The number of aliphatic hydroxyl groups is 1. The average Bonchev–Trinajstić information content (AvgIpc) is 0.933. The molecule has 146 heavy (non-hydrogen) atoms. The Morgan fingerprint density at radius 1 is 0.349 bits per heavy atom. The highest BCUT2D eigenvalue weighted by molar-refractivity contribution is 7.18. The van der Waals surface area contributed by atoms with Gasteiger partial charge in [0.1, 0.15) is 28.2 Å². The first-order valence-electron chi connectivity index (χ1n) is 49.1. The number of ether oxygens (including phenoxy) is 6. The van der Waals surface area contributed by atoms with E-state index in [2.05, 4.69) is 117 Å². The summed E-state index contributed by atoms with van der Waals surface area (Å²) in [4.78, 5) is 106. The molecule has 5 aliphatic heterocycles. The zero-order valence-corrected chi connectivity index (χ0v) is 85.9. The Morgan fingerprint density at radius 3 is 1.14 bits per heavy atom. The van der Waals surface area contributed by atoms with Gasteiger partial charge in [0.05, 0.1) is 108 Å². The number of likely N-dealkylation sites (N-methyl/N-ethyl adjacent to an activating group) is 2. The second kappa shape index (κ2) is 43.9. The molecule has 23 rings (SSSR count). The Balaban J connectivity index is 0.000000115. The summed E-state index contributed by atoms with van der Waals surface area (Å²) < 4.78 is 42.4. The van der Waals surface area contributed by atoms with Gasteiger partial charge in [0, 0.05) is 161 Å². The first-order chi connectivity index (χ1) is 70.8. The van der Waals surface area contributed by atoms with Crippen LogP contribution in [0.1, 0.15) is 99.5 Å². The lowest BCUT2D eigenvalue weighted by Gasteiger charge is -2.26. The molecule has 5 aromatic carbocycles. The zero-order valence-electron chi connectivity index (χ0n) is 84.3. The highest BCUT2D eigenvalue weighted by Crippen LogP contribution is 2.40. The number of fused-ring (bicyclic) bond motifs is 7. The number of benzene rings is 5. The van der Waals surface area contributed by atoms with Crippen LogP contribution in [0, 0.1) is 34.6 Å². The molecule has 2 N–H and O–H groups in total. The second-order valence-electron chi connectivity index (χ2n) is 37.4. The third-order valence-electron chi connectivity index (χ3n) is 27.6. The molecule has 0 amide bonds. The van der Waals surface area contributed by atoms with Crippen molar-refractivity contribution in [3.8, 4) is 90.8 Å². The maximum Gasteiger partial charge on any atom is 0.258 e. The van der Waals surface area contributed by atoms with Crippen LogP contribution >= 0.6 is 22.7 Å². The summed E-state index contributed by atoms with van der Waals surface area (Å²) in [6, 6.07) is 51.5. The van der Waals surface area contributed by atoms with E-state index < -0.39 is 0 Å². The van der Waals surface area contributed by atoms with Crippen molar-refractivity contribution in [2.45, 2.75) is 85.6 Å². The minimum Gasteiger partial charge on any atom is -0.493 e. The van der Waals surface area contributed by atoms with Gasteiger partial charge < -0.3 is 48.6 Å². The van der Waals surface area contributed by atoms with E-state index in [1.54, 1.807) is 118 Å². The monoisotopic (exact) mass is 1990 g/mol. The molecule has 0 radical (unpaired) electrons. The van der Waals surface area contributed by atoms with Gasteiger partial charge in [0.15, 0.2) is 34.5 Å². The van der Waals surface area contributed by atoms with Crippen LogP contribution in [0.5, 0.6) is 34.5 Å². The number of aryl methyl sites for hydroxylation is 5. The second-order valence-corrected chi connectivity index (χ2v) is 39.9. The molecule has 0 unspecified atom stereocenters. The van der Waals surface area contributed by atoms with E-state index >= 15 is 0 Å². The Bertz CT molecular complexity index is 8430. The van der Waals surface area contributed by atoms with E-state index in [-0.39, 0.29) is 34.4 Å². The summed E-state index contributed by atoms with van der Waals surface area (Å²) in [5.74, 6) is 3.74. The average molecular weight is 1990 g/mol. The molecule has 746 valence electrons. The molecule has 1 fully saturated rings. The van der Waals surface area contributed by atoms with Gasteiger partial charge in [-0.3, -0.25) is 55.8 Å². The number of methoxy groups -OCH3 is 6. The molecule has 29 nitrogen and oxygen atoms in total. The maximum atomic E-state index is 13.0. The third-order valence-corrected chi connectivity index (χ3v) is 29.5. The first-order valence-corrected chi connectivity index (χ1v) is 50.7. The molecule has 0 spiro atoms. The normalized spacial score (nSPS) is 15.2. The van der Waals surface area contributed by atoms with Crippen molar-refractivity contribution >= 4 is 99.2 Å². The Morgan fingerprint density at radius 2 is 0.733 bits per heavy atom. The fourth-order valence-corrected chi connectivity index (χ4v) is 21.1. The molecule has 6 aliphatic rings. The minimum absolute atomic E-state index is 0.0593.